The van der Waals surface area contributed by atoms with Crippen LogP contribution in [0.2, 0.25) is 0 Å². The molecule has 1 aromatic rings. The third kappa shape index (κ3) is 9.81. The van der Waals surface area contributed by atoms with Gasteiger partial charge in [0.05, 0.1) is 0 Å². The molecule has 3 saturated carbocycles. The van der Waals surface area contributed by atoms with Crippen LogP contribution in [0.25, 0.3) is 0 Å². The van der Waals surface area contributed by atoms with Gasteiger partial charge in [-0.05, 0) is 105 Å². The molecular weight excluding hydrogens is 534 g/mol. The Labute approximate surface area is 261 Å². The summed E-state index contributed by atoms with van der Waals surface area (Å²) in [7, 11) is 0. The summed E-state index contributed by atoms with van der Waals surface area (Å²) in [5, 5.41) is 9.45. The molecular formula is C37H59N3O3. The first-order valence-electron chi connectivity index (χ1n) is 17.4. The van der Waals surface area contributed by atoms with E-state index in [2.05, 4.69) is 57.5 Å². The lowest BCUT2D eigenvalue weighted by atomic mass is 9.69. The SMILES string of the molecule is CC(C)(C)[C@H]1CC[C@H](C(=O)Nc2cc(NC(=O)C3CCCCCCC3)cc(NC(=O)[C@H]3CC[C@H](C(C)(C)C)CC3)c2)CC1. The van der Waals surface area contributed by atoms with Gasteiger partial charge in [-0.1, -0.05) is 73.6 Å². The van der Waals surface area contributed by atoms with Crippen molar-refractivity contribution in [2.75, 3.05) is 16.0 Å². The maximum absolute atomic E-state index is 13.4. The van der Waals surface area contributed by atoms with Crippen LogP contribution in [-0.4, -0.2) is 17.7 Å². The Balaban J connectivity index is 1.46. The Morgan fingerprint density at radius 1 is 0.465 bits per heavy atom. The highest BCUT2D eigenvalue weighted by Crippen LogP contribution is 2.41. The summed E-state index contributed by atoms with van der Waals surface area (Å²) in [6, 6.07) is 5.55. The summed E-state index contributed by atoms with van der Waals surface area (Å²) in [6.45, 7) is 13.8. The smallest absolute Gasteiger partial charge is 0.227 e. The van der Waals surface area contributed by atoms with E-state index >= 15 is 0 Å². The Bertz CT molecular complexity index is 1020. The molecule has 0 bridgehead atoms. The van der Waals surface area contributed by atoms with Crippen molar-refractivity contribution in [3.05, 3.63) is 18.2 Å². The molecule has 3 fully saturated rings. The van der Waals surface area contributed by atoms with Gasteiger partial charge in [0.2, 0.25) is 17.7 Å². The molecule has 240 valence electrons. The summed E-state index contributed by atoms with van der Waals surface area (Å²) < 4.78 is 0. The average molecular weight is 594 g/mol. The molecule has 6 nitrogen and oxygen atoms in total. The molecule has 6 heteroatoms. The third-order valence-corrected chi connectivity index (χ3v) is 10.9. The Kier molecular flexibility index (Phi) is 11.4. The molecule has 3 aliphatic rings. The second kappa shape index (κ2) is 14.6. The number of carbonyl (C=O) groups excluding carboxylic acids is 3. The van der Waals surface area contributed by atoms with E-state index in [1.165, 1.54) is 19.3 Å². The van der Waals surface area contributed by atoms with Gasteiger partial charge >= 0.3 is 0 Å². The lowest BCUT2D eigenvalue weighted by Gasteiger charge is -2.36. The number of carbonyl (C=O) groups is 3. The van der Waals surface area contributed by atoms with Crippen LogP contribution in [0.1, 0.15) is 138 Å². The molecule has 0 spiro atoms. The molecule has 3 N–H and O–H groups in total. The minimum atomic E-state index is -0.0113. The van der Waals surface area contributed by atoms with E-state index in [0.29, 0.717) is 28.9 Å². The van der Waals surface area contributed by atoms with Crippen molar-refractivity contribution < 1.29 is 14.4 Å². The van der Waals surface area contributed by atoms with Gasteiger partial charge in [-0.2, -0.15) is 0 Å². The lowest BCUT2D eigenvalue weighted by Crippen LogP contribution is -2.32. The van der Waals surface area contributed by atoms with Crippen molar-refractivity contribution in [1.82, 2.24) is 0 Å². The third-order valence-electron chi connectivity index (χ3n) is 10.9. The normalized spacial score (nSPS) is 26.1. The standard InChI is InChI=1S/C37H59N3O3/c1-36(2,3)28-18-14-26(15-19-28)34(42)39-31-22-30(38-33(41)25-12-10-8-7-9-11-13-25)23-32(24-31)40-35(43)27-16-20-29(21-17-27)37(4,5)6/h22-29H,7-21H2,1-6H3,(H,38,41)(H,39,42)(H,40,43)/t26-,27-,28-,29-. The minimum Gasteiger partial charge on any atom is -0.326 e. The number of hydrogen-bond acceptors (Lipinski definition) is 3. The number of nitrogens with one attached hydrogen (secondary N) is 3. The van der Waals surface area contributed by atoms with Crippen molar-refractivity contribution >= 4 is 34.8 Å². The molecule has 0 saturated heterocycles. The molecule has 43 heavy (non-hydrogen) atoms. The zero-order valence-corrected chi connectivity index (χ0v) is 28.0. The van der Waals surface area contributed by atoms with Gasteiger partial charge < -0.3 is 16.0 Å². The molecule has 3 aliphatic carbocycles. The summed E-state index contributed by atoms with van der Waals surface area (Å²) in [5.41, 5.74) is 2.43. The number of anilines is 3. The van der Waals surface area contributed by atoms with E-state index in [1.54, 1.807) is 0 Å². The molecule has 0 aliphatic heterocycles. The van der Waals surface area contributed by atoms with E-state index in [1.807, 2.05) is 18.2 Å². The van der Waals surface area contributed by atoms with Crippen LogP contribution in [0.15, 0.2) is 18.2 Å². The largest absolute Gasteiger partial charge is 0.326 e. The number of rotatable bonds is 6. The highest BCUT2D eigenvalue weighted by atomic mass is 16.2. The fourth-order valence-corrected chi connectivity index (χ4v) is 7.74. The summed E-state index contributed by atoms with van der Waals surface area (Å²) >= 11 is 0. The summed E-state index contributed by atoms with van der Waals surface area (Å²) in [4.78, 5) is 40.1. The van der Waals surface area contributed by atoms with Gasteiger partial charge in [-0.15, -0.1) is 0 Å². The van der Waals surface area contributed by atoms with E-state index in [0.717, 1.165) is 77.0 Å². The van der Waals surface area contributed by atoms with Gasteiger partial charge in [0.15, 0.2) is 0 Å². The molecule has 1 aromatic carbocycles. The van der Waals surface area contributed by atoms with Gasteiger partial charge in [-0.3, -0.25) is 14.4 Å². The number of hydrogen-bond donors (Lipinski definition) is 3. The van der Waals surface area contributed by atoms with Crippen molar-refractivity contribution in [3.63, 3.8) is 0 Å². The van der Waals surface area contributed by atoms with Gasteiger partial charge in [-0.25, -0.2) is 0 Å². The average Bonchev–Trinajstić information content (AvgIpc) is 2.92. The van der Waals surface area contributed by atoms with Crippen LogP contribution in [0, 0.1) is 40.4 Å². The molecule has 0 unspecified atom stereocenters. The lowest BCUT2D eigenvalue weighted by molar-refractivity contribution is -0.122. The van der Waals surface area contributed by atoms with Crippen molar-refractivity contribution in [1.29, 1.82) is 0 Å². The molecule has 0 aromatic heterocycles. The Hall–Kier alpha value is -2.37. The fourth-order valence-electron chi connectivity index (χ4n) is 7.74. The van der Waals surface area contributed by atoms with Crippen molar-refractivity contribution in [2.24, 2.45) is 40.4 Å². The monoisotopic (exact) mass is 593 g/mol. The molecule has 0 heterocycles. The van der Waals surface area contributed by atoms with E-state index in [9.17, 15) is 14.4 Å². The van der Waals surface area contributed by atoms with Gasteiger partial charge in [0, 0.05) is 34.8 Å². The predicted octanol–water partition coefficient (Wildman–Crippen LogP) is 9.57. The maximum Gasteiger partial charge on any atom is 0.227 e. The van der Waals surface area contributed by atoms with Crippen LogP contribution in [0.5, 0.6) is 0 Å². The summed E-state index contributed by atoms with van der Waals surface area (Å²) in [5.74, 6) is 1.39. The molecule has 0 radical (unpaired) electrons. The maximum atomic E-state index is 13.4. The zero-order chi connectivity index (χ0) is 31.2. The number of benzene rings is 1. The first-order valence-corrected chi connectivity index (χ1v) is 17.4. The molecule has 4 rings (SSSR count). The van der Waals surface area contributed by atoms with Crippen LogP contribution in [-0.2, 0) is 14.4 Å². The van der Waals surface area contributed by atoms with E-state index < -0.39 is 0 Å². The van der Waals surface area contributed by atoms with E-state index in [4.69, 9.17) is 0 Å². The topological polar surface area (TPSA) is 87.3 Å². The van der Waals surface area contributed by atoms with E-state index in [-0.39, 0.29) is 46.3 Å². The second-order valence-electron chi connectivity index (χ2n) is 16.1. The predicted molar refractivity (Wildman–Crippen MR) is 178 cm³/mol. The molecule has 3 amide bonds. The minimum absolute atomic E-state index is 0.00703. The zero-order valence-electron chi connectivity index (χ0n) is 28.0. The highest BCUT2D eigenvalue weighted by Gasteiger charge is 2.34. The quantitative estimate of drug-likeness (QED) is 0.307. The van der Waals surface area contributed by atoms with Crippen molar-refractivity contribution in [2.45, 2.75) is 138 Å². The van der Waals surface area contributed by atoms with Crippen LogP contribution >= 0.6 is 0 Å². The van der Waals surface area contributed by atoms with Gasteiger partial charge in [0.1, 0.15) is 0 Å². The van der Waals surface area contributed by atoms with Crippen LogP contribution in [0.4, 0.5) is 17.1 Å². The number of amides is 3. The van der Waals surface area contributed by atoms with Gasteiger partial charge in [0.25, 0.3) is 0 Å². The summed E-state index contributed by atoms with van der Waals surface area (Å²) in [6.07, 6.45) is 15.5. The first-order chi connectivity index (χ1) is 20.3. The Morgan fingerprint density at radius 3 is 1.05 bits per heavy atom. The first kappa shape index (κ1) is 33.5. The van der Waals surface area contributed by atoms with Crippen LogP contribution < -0.4 is 16.0 Å². The van der Waals surface area contributed by atoms with Crippen LogP contribution in [0.3, 0.4) is 0 Å². The fraction of sp³-hybridized carbons (Fsp3) is 0.757. The Morgan fingerprint density at radius 2 is 0.744 bits per heavy atom. The van der Waals surface area contributed by atoms with Crippen molar-refractivity contribution in [3.8, 4) is 0 Å². The highest BCUT2D eigenvalue weighted by molar-refractivity contribution is 5.99. The molecule has 0 atom stereocenters. The second-order valence-corrected chi connectivity index (χ2v) is 16.1.